The van der Waals surface area contributed by atoms with Crippen LogP contribution in [-0.2, 0) is 27.9 Å². The molecule has 8 nitrogen and oxygen atoms in total. The third-order valence-electron chi connectivity index (χ3n) is 8.64. The van der Waals surface area contributed by atoms with E-state index in [4.69, 9.17) is 18.5 Å². The minimum atomic E-state index is -4.55. The predicted molar refractivity (Wildman–Crippen MR) is 221 cm³/mol. The standard InChI is InChI=1S/C44H80NO7P/c1-6-8-10-12-14-16-18-20-22-23-24-25-27-29-31-33-35-37-44(46)52-43(42-51-53(47,48)50-40-38-45(3,4)5)41-49-39-36-34-32-30-28-26-21-19-17-15-13-11-9-7-2/h14,16,20,22,24-25,29,31,36,39,43H,6-13,15,17-19,21,23,26-28,30,32-35,37-38,40-42H2,1-5H3/b16-14-,22-20-,25-24-,31-29-,39-36-/t43-/m1/s1. The quantitative estimate of drug-likeness (QED) is 0.0154. The molecular weight excluding hydrogens is 685 g/mol. The SMILES string of the molecule is CCCCC/C=C\C/C=C\C/C=C\C/C=C\CCCC(=O)O[C@H](CO/C=C\CCCCCCCCCCCCCC)COP(=O)([O-])OCC[N+](C)(C)C. The van der Waals surface area contributed by atoms with Gasteiger partial charge in [0.1, 0.15) is 19.8 Å². The number of nitrogens with zero attached hydrogens (tertiary/aromatic N) is 1. The molecule has 0 spiro atoms. The molecule has 0 bridgehead atoms. The van der Waals surface area contributed by atoms with Crippen molar-refractivity contribution in [3.8, 4) is 0 Å². The maximum atomic E-state index is 12.6. The molecule has 308 valence electrons. The van der Waals surface area contributed by atoms with Gasteiger partial charge in [0, 0.05) is 6.42 Å². The summed E-state index contributed by atoms with van der Waals surface area (Å²) in [6.07, 6.45) is 46.1. The number of likely N-dealkylation sites (N-methyl/N-ethyl adjacent to an activating group) is 1. The van der Waals surface area contributed by atoms with E-state index in [2.05, 4.69) is 62.5 Å². The number of esters is 1. The number of hydrogen-bond donors (Lipinski definition) is 0. The number of quaternary nitrogens is 1. The Morgan fingerprint density at radius 2 is 1.06 bits per heavy atom. The summed E-state index contributed by atoms with van der Waals surface area (Å²) in [5.74, 6) is -0.412. The summed E-state index contributed by atoms with van der Waals surface area (Å²) in [7, 11) is 1.28. The number of hydrogen-bond acceptors (Lipinski definition) is 7. The molecule has 2 atom stereocenters. The fourth-order valence-electron chi connectivity index (χ4n) is 5.33. The van der Waals surface area contributed by atoms with E-state index < -0.39 is 19.9 Å². The Morgan fingerprint density at radius 1 is 0.604 bits per heavy atom. The molecule has 0 aliphatic heterocycles. The summed E-state index contributed by atoms with van der Waals surface area (Å²) in [5.41, 5.74) is 0. The Bertz CT molecular complexity index is 1030. The smallest absolute Gasteiger partial charge is 0.306 e. The summed E-state index contributed by atoms with van der Waals surface area (Å²) in [4.78, 5) is 25.0. The maximum absolute atomic E-state index is 12.6. The Hall–Kier alpha value is -1.96. The minimum Gasteiger partial charge on any atom is -0.756 e. The topological polar surface area (TPSA) is 94.1 Å². The normalized spacial score (nSPS) is 14.4. The van der Waals surface area contributed by atoms with Gasteiger partial charge in [-0.15, -0.1) is 0 Å². The van der Waals surface area contributed by atoms with Gasteiger partial charge in [-0.05, 0) is 63.9 Å². The highest BCUT2D eigenvalue weighted by atomic mass is 31.2. The number of carbonyl (C=O) groups excluding carboxylic acids is 1. The lowest BCUT2D eigenvalue weighted by atomic mass is 10.0. The highest BCUT2D eigenvalue weighted by Crippen LogP contribution is 2.38. The molecule has 0 aliphatic rings. The van der Waals surface area contributed by atoms with E-state index >= 15 is 0 Å². The Labute approximate surface area is 326 Å². The molecule has 0 aromatic heterocycles. The van der Waals surface area contributed by atoms with Crippen LogP contribution in [0.4, 0.5) is 0 Å². The van der Waals surface area contributed by atoms with Crippen LogP contribution >= 0.6 is 7.82 Å². The summed E-state index contributed by atoms with van der Waals surface area (Å²) in [6, 6.07) is 0. The largest absolute Gasteiger partial charge is 0.756 e. The summed E-state index contributed by atoms with van der Waals surface area (Å²) in [5, 5.41) is 0. The highest BCUT2D eigenvalue weighted by molar-refractivity contribution is 7.45. The van der Waals surface area contributed by atoms with Crippen LogP contribution in [0, 0.1) is 0 Å². The molecule has 0 aliphatic carbocycles. The first-order valence-electron chi connectivity index (χ1n) is 21.1. The Balaban J connectivity index is 4.43. The lowest BCUT2D eigenvalue weighted by Crippen LogP contribution is -2.37. The number of phosphoric ester groups is 1. The van der Waals surface area contributed by atoms with Crippen molar-refractivity contribution in [2.75, 3.05) is 47.5 Å². The van der Waals surface area contributed by atoms with Crippen molar-refractivity contribution in [3.05, 3.63) is 60.9 Å². The van der Waals surface area contributed by atoms with Gasteiger partial charge in [0.05, 0.1) is 34.0 Å². The van der Waals surface area contributed by atoms with E-state index in [0.717, 1.165) is 38.5 Å². The van der Waals surface area contributed by atoms with Crippen molar-refractivity contribution >= 4 is 13.8 Å². The molecule has 0 heterocycles. The first-order chi connectivity index (χ1) is 25.6. The Morgan fingerprint density at radius 3 is 1.60 bits per heavy atom. The number of carbonyl (C=O) groups is 1. The second-order valence-corrected chi connectivity index (χ2v) is 16.5. The maximum Gasteiger partial charge on any atom is 0.306 e. The van der Waals surface area contributed by atoms with Crippen LogP contribution in [0.3, 0.4) is 0 Å². The van der Waals surface area contributed by atoms with Crippen LogP contribution < -0.4 is 4.89 Å². The van der Waals surface area contributed by atoms with E-state index in [1.54, 1.807) is 6.26 Å². The van der Waals surface area contributed by atoms with E-state index in [0.29, 0.717) is 17.4 Å². The number of allylic oxidation sites excluding steroid dienone is 9. The van der Waals surface area contributed by atoms with E-state index in [1.165, 1.54) is 96.3 Å². The monoisotopic (exact) mass is 766 g/mol. The minimum absolute atomic E-state index is 0.00324. The van der Waals surface area contributed by atoms with Crippen molar-refractivity contribution in [2.24, 2.45) is 0 Å². The van der Waals surface area contributed by atoms with E-state index in [1.807, 2.05) is 27.2 Å². The average molecular weight is 766 g/mol. The van der Waals surface area contributed by atoms with Crippen LogP contribution in [0.25, 0.3) is 0 Å². The molecule has 0 saturated carbocycles. The molecule has 0 aromatic carbocycles. The second-order valence-electron chi connectivity index (χ2n) is 15.1. The van der Waals surface area contributed by atoms with E-state index in [-0.39, 0.29) is 26.2 Å². The van der Waals surface area contributed by atoms with Gasteiger partial charge in [0.25, 0.3) is 7.82 Å². The molecule has 1 unspecified atom stereocenters. The van der Waals surface area contributed by atoms with Gasteiger partial charge in [-0.25, -0.2) is 0 Å². The van der Waals surface area contributed by atoms with Crippen molar-refractivity contribution in [3.63, 3.8) is 0 Å². The molecule has 0 aromatic rings. The van der Waals surface area contributed by atoms with Gasteiger partial charge in [-0.3, -0.25) is 9.36 Å². The molecule has 0 radical (unpaired) electrons. The van der Waals surface area contributed by atoms with Gasteiger partial charge in [-0.2, -0.15) is 0 Å². The van der Waals surface area contributed by atoms with Gasteiger partial charge >= 0.3 is 5.97 Å². The van der Waals surface area contributed by atoms with Crippen molar-refractivity contribution in [2.45, 2.75) is 168 Å². The molecule has 53 heavy (non-hydrogen) atoms. The third kappa shape index (κ3) is 41.1. The lowest BCUT2D eigenvalue weighted by Gasteiger charge is -2.28. The first-order valence-corrected chi connectivity index (χ1v) is 22.5. The summed E-state index contributed by atoms with van der Waals surface area (Å²) in [6.45, 7) is 4.63. The van der Waals surface area contributed by atoms with Crippen LogP contribution in [0.2, 0.25) is 0 Å². The first kappa shape index (κ1) is 51.0. The van der Waals surface area contributed by atoms with Crippen molar-refractivity contribution in [1.82, 2.24) is 0 Å². The number of ether oxygens (including phenoxy) is 2. The number of phosphoric acid groups is 1. The zero-order valence-corrected chi connectivity index (χ0v) is 35.6. The molecular formula is C44H80NO7P. The zero-order valence-electron chi connectivity index (χ0n) is 34.7. The fraction of sp³-hybridized carbons (Fsp3) is 0.750. The molecule has 0 saturated heterocycles. The molecule has 0 fully saturated rings. The Kier molecular flexibility index (Phi) is 35.6. The van der Waals surface area contributed by atoms with E-state index in [9.17, 15) is 14.3 Å². The fourth-order valence-corrected chi connectivity index (χ4v) is 6.06. The zero-order chi connectivity index (χ0) is 39.1. The average Bonchev–Trinajstić information content (AvgIpc) is 3.11. The van der Waals surface area contributed by atoms with Crippen molar-refractivity contribution < 1.29 is 37.3 Å². The van der Waals surface area contributed by atoms with Crippen LogP contribution in [0.5, 0.6) is 0 Å². The lowest BCUT2D eigenvalue weighted by molar-refractivity contribution is -0.870. The summed E-state index contributed by atoms with van der Waals surface area (Å²) >= 11 is 0. The number of rotatable bonds is 38. The van der Waals surface area contributed by atoms with Gasteiger partial charge in [-0.1, -0.05) is 146 Å². The molecule has 9 heteroatoms. The molecule has 0 rings (SSSR count). The highest BCUT2D eigenvalue weighted by Gasteiger charge is 2.20. The third-order valence-corrected chi connectivity index (χ3v) is 9.60. The predicted octanol–water partition coefficient (Wildman–Crippen LogP) is 11.9. The van der Waals surface area contributed by atoms with Crippen LogP contribution in [0.1, 0.15) is 162 Å². The van der Waals surface area contributed by atoms with Crippen LogP contribution in [-0.4, -0.2) is 64.1 Å². The second kappa shape index (κ2) is 37.0. The van der Waals surface area contributed by atoms with Gasteiger partial charge < -0.3 is 27.9 Å². The van der Waals surface area contributed by atoms with Gasteiger partial charge in [0.15, 0.2) is 6.10 Å². The molecule has 0 amide bonds. The van der Waals surface area contributed by atoms with Crippen molar-refractivity contribution in [1.29, 1.82) is 0 Å². The number of unbranched alkanes of at least 4 members (excludes halogenated alkanes) is 16. The summed E-state index contributed by atoms with van der Waals surface area (Å²) < 4.78 is 34.2. The molecule has 0 N–H and O–H groups in total. The van der Waals surface area contributed by atoms with Crippen LogP contribution in [0.15, 0.2) is 60.9 Å². The van der Waals surface area contributed by atoms with Gasteiger partial charge in [0.2, 0.25) is 0 Å².